The number of hydrogen-bond donors (Lipinski definition) is 0. The van der Waals surface area contributed by atoms with Crippen molar-refractivity contribution in [2.24, 2.45) is 0 Å². The largest absolute Gasteiger partial charge is 0.491 e. The molecule has 1 aliphatic heterocycles. The molecule has 0 unspecified atom stereocenters. The van der Waals surface area contributed by atoms with Crippen LogP contribution in [0.15, 0.2) is 78.5 Å². The second-order valence-electron chi connectivity index (χ2n) is 9.33. The number of aromatic nitrogens is 1. The van der Waals surface area contributed by atoms with Gasteiger partial charge in [0.05, 0.1) is 6.54 Å². The molecule has 36 heavy (non-hydrogen) atoms. The van der Waals surface area contributed by atoms with Crippen molar-refractivity contribution in [2.45, 2.75) is 33.4 Å². The number of amides is 1. The van der Waals surface area contributed by atoms with Crippen LogP contribution in [0.3, 0.4) is 0 Å². The van der Waals surface area contributed by atoms with Crippen LogP contribution in [0, 0.1) is 25.2 Å². The Hall–Kier alpha value is -4.30. The fraction of sp³-hybridized carbons (Fsp3) is 0.226. The molecule has 2 heterocycles. The summed E-state index contributed by atoms with van der Waals surface area (Å²) in [5.74, 6) is 0.675. The molecule has 5 heteroatoms. The third-order valence-corrected chi connectivity index (χ3v) is 6.82. The van der Waals surface area contributed by atoms with Crippen LogP contribution in [0.1, 0.15) is 27.8 Å². The van der Waals surface area contributed by atoms with E-state index in [0.29, 0.717) is 26.2 Å². The lowest BCUT2D eigenvalue weighted by atomic mass is 9.99. The number of aryl methyl sites for hydroxylation is 2. The van der Waals surface area contributed by atoms with Crippen molar-refractivity contribution in [3.05, 3.63) is 106 Å². The molecule has 1 aliphatic rings. The maximum Gasteiger partial charge on any atom is 0.264 e. The van der Waals surface area contributed by atoms with Crippen LogP contribution < -0.4 is 4.74 Å². The molecule has 1 amide bonds. The summed E-state index contributed by atoms with van der Waals surface area (Å²) in [5, 5.41) is 10.9. The van der Waals surface area contributed by atoms with E-state index >= 15 is 0 Å². The number of carbonyl (C=O) groups is 1. The molecule has 0 fully saturated rings. The van der Waals surface area contributed by atoms with E-state index in [2.05, 4.69) is 54.0 Å². The van der Waals surface area contributed by atoms with Gasteiger partial charge in [-0.15, -0.1) is 0 Å². The Balaban J connectivity index is 1.37. The van der Waals surface area contributed by atoms with Crippen LogP contribution >= 0.6 is 0 Å². The zero-order chi connectivity index (χ0) is 25.1. The normalized spacial score (nSPS) is 13.4. The van der Waals surface area contributed by atoms with Gasteiger partial charge in [-0.25, -0.2) is 0 Å². The lowest BCUT2D eigenvalue weighted by Gasteiger charge is -2.28. The minimum absolute atomic E-state index is 0.156. The first-order valence-corrected chi connectivity index (χ1v) is 12.3. The van der Waals surface area contributed by atoms with Crippen molar-refractivity contribution < 1.29 is 9.53 Å². The van der Waals surface area contributed by atoms with E-state index in [1.807, 2.05) is 43.5 Å². The molecule has 1 aromatic heterocycles. The van der Waals surface area contributed by atoms with E-state index < -0.39 is 0 Å². The lowest BCUT2D eigenvalue weighted by molar-refractivity contribution is -0.127. The van der Waals surface area contributed by atoms with Crippen LogP contribution in [0.4, 0.5) is 0 Å². The monoisotopic (exact) mass is 475 g/mol. The Morgan fingerprint density at radius 2 is 1.83 bits per heavy atom. The molecule has 0 saturated heterocycles. The van der Waals surface area contributed by atoms with Crippen molar-refractivity contribution in [1.82, 2.24) is 9.47 Å². The smallest absolute Gasteiger partial charge is 0.264 e. The molecular weight excluding hydrogens is 446 g/mol. The minimum atomic E-state index is -0.220. The molecular formula is C31H29N3O2. The van der Waals surface area contributed by atoms with E-state index in [0.717, 1.165) is 39.8 Å². The minimum Gasteiger partial charge on any atom is -0.491 e. The summed E-state index contributed by atoms with van der Waals surface area (Å²) in [6.45, 7) is 6.42. The number of benzene rings is 3. The highest BCUT2D eigenvalue weighted by atomic mass is 16.5. The quantitative estimate of drug-likeness (QED) is 0.260. The summed E-state index contributed by atoms with van der Waals surface area (Å²) in [5.41, 5.74) is 6.76. The number of nitriles is 1. The predicted molar refractivity (Wildman–Crippen MR) is 143 cm³/mol. The molecule has 0 saturated carbocycles. The second-order valence-corrected chi connectivity index (χ2v) is 9.33. The standard InChI is InChI=1S/C31H29N3O2/c1-22-11-12-23(2)30(17-22)36-16-15-33-21-27(28-9-5-6-10-29(28)33)18-26(19-32)31(35)34-14-13-24-7-3-4-8-25(24)20-34/h3-12,17-18,21H,13-16,20H2,1-2H3/b26-18+. The Morgan fingerprint density at radius 1 is 1.06 bits per heavy atom. The first kappa shape index (κ1) is 23.4. The SMILES string of the molecule is Cc1ccc(C)c(OCCn2cc(/C=C(\C#N)C(=O)N3CCc4ccccc4C3)c3ccccc32)c1. The third-order valence-electron chi connectivity index (χ3n) is 6.82. The van der Waals surface area contributed by atoms with Crippen LogP contribution in [-0.4, -0.2) is 28.5 Å². The highest BCUT2D eigenvalue weighted by Crippen LogP contribution is 2.26. The Kier molecular flexibility index (Phi) is 6.60. The van der Waals surface area contributed by atoms with Gasteiger partial charge < -0.3 is 14.2 Å². The molecule has 5 rings (SSSR count). The number of para-hydroxylation sites is 1. The zero-order valence-electron chi connectivity index (χ0n) is 20.7. The number of hydrogen-bond acceptors (Lipinski definition) is 3. The van der Waals surface area contributed by atoms with Crippen molar-refractivity contribution in [3.8, 4) is 11.8 Å². The topological polar surface area (TPSA) is 58.3 Å². The number of carbonyl (C=O) groups excluding carboxylic acids is 1. The van der Waals surface area contributed by atoms with Crippen molar-refractivity contribution in [1.29, 1.82) is 5.26 Å². The summed E-state index contributed by atoms with van der Waals surface area (Å²) in [7, 11) is 0. The van der Waals surface area contributed by atoms with E-state index in [1.165, 1.54) is 11.1 Å². The van der Waals surface area contributed by atoms with Gasteiger partial charge in [0.25, 0.3) is 5.91 Å². The summed E-state index contributed by atoms with van der Waals surface area (Å²) >= 11 is 0. The fourth-order valence-corrected chi connectivity index (χ4v) is 4.83. The molecule has 3 aromatic carbocycles. The lowest BCUT2D eigenvalue weighted by Crippen LogP contribution is -2.36. The Morgan fingerprint density at radius 3 is 2.67 bits per heavy atom. The highest BCUT2D eigenvalue weighted by molar-refractivity contribution is 6.04. The molecule has 0 N–H and O–H groups in total. The summed E-state index contributed by atoms with van der Waals surface area (Å²) < 4.78 is 8.21. The highest BCUT2D eigenvalue weighted by Gasteiger charge is 2.23. The van der Waals surface area contributed by atoms with Gasteiger partial charge in [-0.1, -0.05) is 54.6 Å². The van der Waals surface area contributed by atoms with Gasteiger partial charge in [0.2, 0.25) is 0 Å². The number of ether oxygens (including phenoxy) is 1. The van der Waals surface area contributed by atoms with Gasteiger partial charge in [-0.05, 0) is 60.7 Å². The average molecular weight is 476 g/mol. The Labute approximate surface area is 211 Å². The Bertz CT molecular complexity index is 1510. The summed E-state index contributed by atoms with van der Waals surface area (Å²) in [4.78, 5) is 15.1. The van der Waals surface area contributed by atoms with Gasteiger partial charge >= 0.3 is 0 Å². The van der Waals surface area contributed by atoms with Crippen LogP contribution in [0.25, 0.3) is 17.0 Å². The summed E-state index contributed by atoms with van der Waals surface area (Å²) in [6.07, 6.45) is 4.54. The van der Waals surface area contributed by atoms with E-state index in [1.54, 1.807) is 11.0 Å². The molecule has 0 aliphatic carbocycles. The first-order chi connectivity index (χ1) is 17.5. The van der Waals surface area contributed by atoms with Gasteiger partial charge in [-0.2, -0.15) is 5.26 Å². The zero-order valence-corrected chi connectivity index (χ0v) is 20.7. The third kappa shape index (κ3) is 4.76. The van der Waals surface area contributed by atoms with Gasteiger partial charge in [0.1, 0.15) is 24.0 Å². The first-order valence-electron chi connectivity index (χ1n) is 12.3. The van der Waals surface area contributed by atoms with E-state index in [-0.39, 0.29) is 11.5 Å². The molecule has 180 valence electrons. The average Bonchev–Trinajstić information content (AvgIpc) is 3.25. The maximum absolute atomic E-state index is 13.3. The molecule has 5 nitrogen and oxygen atoms in total. The molecule has 0 bridgehead atoms. The number of fused-ring (bicyclic) bond motifs is 2. The van der Waals surface area contributed by atoms with Gasteiger partial charge in [-0.3, -0.25) is 4.79 Å². The van der Waals surface area contributed by atoms with Crippen LogP contribution in [0.2, 0.25) is 0 Å². The van der Waals surface area contributed by atoms with Gasteiger partial charge in [0, 0.05) is 35.8 Å². The molecule has 4 aromatic rings. The molecule has 0 radical (unpaired) electrons. The van der Waals surface area contributed by atoms with Crippen molar-refractivity contribution in [2.75, 3.05) is 13.2 Å². The van der Waals surface area contributed by atoms with Crippen LogP contribution in [0.5, 0.6) is 5.75 Å². The number of nitrogens with zero attached hydrogens (tertiary/aromatic N) is 3. The maximum atomic E-state index is 13.3. The second kappa shape index (κ2) is 10.1. The molecule has 0 atom stereocenters. The predicted octanol–water partition coefficient (Wildman–Crippen LogP) is 5.83. The van der Waals surface area contributed by atoms with E-state index in [4.69, 9.17) is 4.74 Å². The fourth-order valence-electron chi connectivity index (χ4n) is 4.83. The van der Waals surface area contributed by atoms with Crippen molar-refractivity contribution >= 4 is 22.9 Å². The van der Waals surface area contributed by atoms with Gasteiger partial charge in [0.15, 0.2) is 0 Å². The van der Waals surface area contributed by atoms with Crippen molar-refractivity contribution in [3.63, 3.8) is 0 Å². The summed E-state index contributed by atoms with van der Waals surface area (Å²) in [6, 6.07) is 24.6. The van der Waals surface area contributed by atoms with Crippen LogP contribution in [-0.2, 0) is 24.3 Å². The number of rotatable bonds is 6. The van der Waals surface area contributed by atoms with E-state index in [9.17, 15) is 10.1 Å². The molecule has 0 spiro atoms.